The number of rotatable bonds is 6. The topological polar surface area (TPSA) is 0 Å². The second-order valence-corrected chi connectivity index (χ2v) is 7.07. The first-order valence-electron chi connectivity index (χ1n) is 7.42. The molecule has 2 aliphatic carbocycles. The van der Waals surface area contributed by atoms with Crippen molar-refractivity contribution in [2.75, 3.05) is 0 Å². The fourth-order valence-corrected chi connectivity index (χ4v) is 4.95. The third kappa shape index (κ3) is 1.87. The zero-order chi connectivity index (χ0) is 12.6. The van der Waals surface area contributed by atoms with E-state index in [1.165, 1.54) is 38.5 Å². The maximum absolute atomic E-state index is 4.06. The summed E-state index contributed by atoms with van der Waals surface area (Å²) in [5.41, 5.74) is 2.10. The van der Waals surface area contributed by atoms with Gasteiger partial charge in [-0.15, -0.1) is 6.58 Å². The highest BCUT2D eigenvalue weighted by Crippen LogP contribution is 2.63. The van der Waals surface area contributed by atoms with Gasteiger partial charge in [-0.25, -0.2) is 0 Å². The average molecular weight is 260 g/mol. The molecule has 2 aliphatic rings. The Kier molecular flexibility index (Phi) is 3.36. The molecule has 1 aromatic rings. The number of hydrogen-bond acceptors (Lipinski definition) is 1. The lowest BCUT2D eigenvalue weighted by molar-refractivity contribution is 0.0356. The van der Waals surface area contributed by atoms with Crippen molar-refractivity contribution in [3.05, 3.63) is 35.0 Å². The van der Waals surface area contributed by atoms with Crippen LogP contribution in [0.3, 0.4) is 0 Å². The van der Waals surface area contributed by atoms with Crippen LogP contribution in [-0.4, -0.2) is 0 Å². The van der Waals surface area contributed by atoms with Gasteiger partial charge in [-0.3, -0.25) is 0 Å². The molecule has 0 bridgehead atoms. The van der Waals surface area contributed by atoms with Gasteiger partial charge < -0.3 is 0 Å². The van der Waals surface area contributed by atoms with Crippen molar-refractivity contribution < 1.29 is 0 Å². The molecule has 2 fully saturated rings. The Morgan fingerprint density at radius 1 is 1.39 bits per heavy atom. The zero-order valence-corrected chi connectivity index (χ0v) is 12.2. The minimum absolute atomic E-state index is 0.529. The number of hydrogen-bond donors (Lipinski definition) is 0. The van der Waals surface area contributed by atoms with Crippen LogP contribution in [0.15, 0.2) is 29.5 Å². The Morgan fingerprint density at radius 2 is 2.11 bits per heavy atom. The molecule has 0 nitrogen and oxygen atoms in total. The lowest BCUT2D eigenvalue weighted by Crippen LogP contribution is -2.41. The zero-order valence-electron chi connectivity index (χ0n) is 11.4. The largest absolute Gasteiger partial charge is 0.152 e. The van der Waals surface area contributed by atoms with Crippen LogP contribution in [-0.2, 0) is 0 Å². The van der Waals surface area contributed by atoms with E-state index in [4.69, 9.17) is 0 Å². The van der Waals surface area contributed by atoms with Gasteiger partial charge in [0.2, 0.25) is 0 Å². The minimum atomic E-state index is 0.529. The highest BCUT2D eigenvalue weighted by Gasteiger charge is 2.53. The fraction of sp³-hybridized carbons (Fsp3) is 0.647. The first-order chi connectivity index (χ1) is 8.79. The molecule has 1 heteroatoms. The van der Waals surface area contributed by atoms with Crippen LogP contribution in [0.5, 0.6) is 0 Å². The molecule has 2 saturated carbocycles. The van der Waals surface area contributed by atoms with Gasteiger partial charge in [0.15, 0.2) is 0 Å². The molecule has 2 atom stereocenters. The predicted molar refractivity (Wildman–Crippen MR) is 80.0 cm³/mol. The van der Waals surface area contributed by atoms with E-state index in [1.54, 1.807) is 5.56 Å². The standard InChI is InChI=1S/C17H24S/c1-3-10-17(16-7-8-16,15-5-4-6-15)13(2)14-9-11-18-12-14/h3,9,11-13,15-16H,1,4-8,10H2,2H3. The molecule has 1 heterocycles. The first kappa shape index (κ1) is 12.5. The number of thiophene rings is 1. The Labute approximate surface area is 115 Å². The number of allylic oxidation sites excluding steroid dienone is 1. The van der Waals surface area contributed by atoms with Crippen LogP contribution in [0.2, 0.25) is 0 Å². The van der Waals surface area contributed by atoms with Gasteiger partial charge in [-0.2, -0.15) is 11.3 Å². The molecule has 3 rings (SSSR count). The minimum Gasteiger partial charge on any atom is -0.152 e. The Bertz CT molecular complexity index is 397. The van der Waals surface area contributed by atoms with Crippen LogP contribution in [0, 0.1) is 17.3 Å². The SMILES string of the molecule is C=CCC(C1CCC1)(C1CC1)C(C)c1ccsc1. The van der Waals surface area contributed by atoms with Crippen LogP contribution in [0.25, 0.3) is 0 Å². The van der Waals surface area contributed by atoms with E-state index >= 15 is 0 Å². The van der Waals surface area contributed by atoms with Crippen molar-refractivity contribution >= 4 is 11.3 Å². The van der Waals surface area contributed by atoms with Crippen molar-refractivity contribution in [1.82, 2.24) is 0 Å². The Hall–Kier alpha value is -0.560. The predicted octanol–water partition coefficient (Wildman–Crippen LogP) is 5.62. The molecular formula is C17H24S. The summed E-state index contributed by atoms with van der Waals surface area (Å²) in [4.78, 5) is 0. The van der Waals surface area contributed by atoms with Crippen molar-refractivity contribution in [1.29, 1.82) is 0 Å². The molecule has 0 radical (unpaired) electrons. The van der Waals surface area contributed by atoms with Gasteiger partial charge >= 0.3 is 0 Å². The summed E-state index contributed by atoms with van der Waals surface area (Å²) >= 11 is 1.85. The Balaban J connectivity index is 1.94. The van der Waals surface area contributed by atoms with Crippen LogP contribution in [0.1, 0.15) is 56.9 Å². The highest BCUT2D eigenvalue weighted by atomic mass is 32.1. The van der Waals surface area contributed by atoms with Crippen LogP contribution >= 0.6 is 11.3 Å². The molecular weight excluding hydrogens is 236 g/mol. The fourth-order valence-electron chi connectivity index (χ4n) is 4.20. The van der Waals surface area contributed by atoms with Crippen molar-refractivity contribution in [3.8, 4) is 0 Å². The van der Waals surface area contributed by atoms with E-state index in [9.17, 15) is 0 Å². The van der Waals surface area contributed by atoms with Crippen molar-refractivity contribution in [2.45, 2.75) is 51.4 Å². The maximum atomic E-state index is 4.06. The summed E-state index contributed by atoms with van der Waals surface area (Å²) in [7, 11) is 0. The average Bonchev–Trinajstić information content (AvgIpc) is 3.01. The molecule has 98 valence electrons. The van der Waals surface area contributed by atoms with Gasteiger partial charge in [0.05, 0.1) is 0 Å². The monoisotopic (exact) mass is 260 g/mol. The second kappa shape index (κ2) is 4.85. The molecule has 0 aromatic carbocycles. The van der Waals surface area contributed by atoms with E-state index in [-0.39, 0.29) is 0 Å². The van der Waals surface area contributed by atoms with E-state index < -0.39 is 0 Å². The quantitative estimate of drug-likeness (QED) is 0.582. The van der Waals surface area contributed by atoms with Crippen LogP contribution in [0.4, 0.5) is 0 Å². The first-order valence-corrected chi connectivity index (χ1v) is 8.36. The van der Waals surface area contributed by atoms with E-state index in [0.717, 1.165) is 11.8 Å². The summed E-state index contributed by atoms with van der Waals surface area (Å²) < 4.78 is 0. The summed E-state index contributed by atoms with van der Waals surface area (Å²) in [5, 5.41) is 4.60. The van der Waals surface area contributed by atoms with Gasteiger partial charge in [-0.05, 0) is 77.7 Å². The molecule has 1 aromatic heterocycles. The molecule has 2 unspecified atom stereocenters. The molecule has 18 heavy (non-hydrogen) atoms. The van der Waals surface area contributed by atoms with Crippen molar-refractivity contribution in [3.63, 3.8) is 0 Å². The lowest BCUT2D eigenvalue weighted by Gasteiger charge is -2.50. The highest BCUT2D eigenvalue weighted by molar-refractivity contribution is 7.07. The summed E-state index contributed by atoms with van der Waals surface area (Å²) in [6.07, 6.45) is 10.7. The summed E-state index contributed by atoms with van der Waals surface area (Å²) in [6, 6.07) is 2.34. The maximum Gasteiger partial charge on any atom is -0.00583 e. The molecule has 0 aliphatic heterocycles. The second-order valence-electron chi connectivity index (χ2n) is 6.29. The van der Waals surface area contributed by atoms with E-state index in [0.29, 0.717) is 11.3 Å². The van der Waals surface area contributed by atoms with Gasteiger partial charge in [-0.1, -0.05) is 19.4 Å². The molecule has 0 N–H and O–H groups in total. The smallest absolute Gasteiger partial charge is 0.00583 e. The third-order valence-corrected chi connectivity index (χ3v) is 6.25. The summed E-state index contributed by atoms with van der Waals surface area (Å²) in [5.74, 6) is 2.63. The van der Waals surface area contributed by atoms with Crippen molar-refractivity contribution in [2.24, 2.45) is 17.3 Å². The molecule has 0 amide bonds. The van der Waals surface area contributed by atoms with Gasteiger partial charge in [0, 0.05) is 0 Å². The van der Waals surface area contributed by atoms with E-state index in [1.807, 2.05) is 11.3 Å². The molecule has 0 spiro atoms. The molecule has 0 saturated heterocycles. The Morgan fingerprint density at radius 3 is 2.56 bits per heavy atom. The normalized spacial score (nSPS) is 25.2. The lowest BCUT2D eigenvalue weighted by atomic mass is 9.54. The van der Waals surface area contributed by atoms with E-state index in [2.05, 4.69) is 36.4 Å². The van der Waals surface area contributed by atoms with Gasteiger partial charge in [0.1, 0.15) is 0 Å². The summed E-state index contributed by atoms with van der Waals surface area (Å²) in [6.45, 7) is 6.54. The van der Waals surface area contributed by atoms with Crippen LogP contribution < -0.4 is 0 Å². The van der Waals surface area contributed by atoms with Gasteiger partial charge in [0.25, 0.3) is 0 Å². The third-order valence-electron chi connectivity index (χ3n) is 5.55.